The Balaban J connectivity index is 1.59. The number of carbonyl (C=O) groups excluding carboxylic acids is 2. The highest BCUT2D eigenvalue weighted by Gasteiger charge is 2.58. The molecule has 9 atom stereocenters. The smallest absolute Gasteiger partial charge is 0.344 e. The Kier molecular flexibility index (Phi) is 19.7. The van der Waals surface area contributed by atoms with Crippen molar-refractivity contribution in [2.24, 2.45) is 0 Å². The SMILES string of the molecule is CCCCCCCCCCCCCCCCCC(=O)OCC(=O)OC[C@H]1O[C@H](O[C@]2(CO)O[C@H](CO)[C@@H](O)[C@@H]2O)[C@H](O)[C@@H](O)[C@@H]1O. The first-order valence-corrected chi connectivity index (χ1v) is 17.0. The van der Waals surface area contributed by atoms with E-state index in [4.69, 9.17) is 23.7 Å². The van der Waals surface area contributed by atoms with Crippen LogP contribution in [0, 0.1) is 0 Å². The maximum absolute atomic E-state index is 12.1. The average Bonchev–Trinajstić information content (AvgIpc) is 3.30. The molecule has 0 aromatic carbocycles. The van der Waals surface area contributed by atoms with Crippen LogP contribution < -0.4 is 0 Å². The Morgan fingerprint density at radius 3 is 1.70 bits per heavy atom. The van der Waals surface area contributed by atoms with Crippen molar-refractivity contribution in [1.29, 1.82) is 0 Å². The fourth-order valence-corrected chi connectivity index (χ4v) is 5.69. The van der Waals surface area contributed by atoms with E-state index in [1.165, 1.54) is 70.6 Å². The van der Waals surface area contributed by atoms with Gasteiger partial charge in [0.2, 0.25) is 5.79 Å². The van der Waals surface area contributed by atoms with E-state index in [9.17, 15) is 45.3 Å². The van der Waals surface area contributed by atoms with Gasteiger partial charge in [0.25, 0.3) is 0 Å². The van der Waals surface area contributed by atoms with Crippen molar-refractivity contribution in [3.63, 3.8) is 0 Å². The van der Waals surface area contributed by atoms with Gasteiger partial charge >= 0.3 is 11.9 Å². The van der Waals surface area contributed by atoms with Gasteiger partial charge in [-0.15, -0.1) is 0 Å². The number of hydrogen-bond acceptors (Lipinski definition) is 14. The number of ether oxygens (including phenoxy) is 5. The molecule has 2 heterocycles. The van der Waals surface area contributed by atoms with Crippen LogP contribution in [0.5, 0.6) is 0 Å². The van der Waals surface area contributed by atoms with Gasteiger partial charge in [-0.2, -0.15) is 0 Å². The van der Waals surface area contributed by atoms with Crippen molar-refractivity contribution in [2.75, 3.05) is 26.4 Å². The molecule has 2 saturated heterocycles. The number of unbranched alkanes of at least 4 members (excludes halogenated alkanes) is 14. The van der Waals surface area contributed by atoms with Crippen LogP contribution in [0.3, 0.4) is 0 Å². The molecule has 2 fully saturated rings. The lowest BCUT2D eigenvalue weighted by molar-refractivity contribution is -0.383. The molecule has 0 radical (unpaired) electrons. The van der Waals surface area contributed by atoms with E-state index in [1.54, 1.807) is 0 Å². The van der Waals surface area contributed by atoms with Crippen LogP contribution in [0.4, 0.5) is 0 Å². The number of hydrogen-bond donors (Lipinski definition) is 7. The quantitative estimate of drug-likeness (QED) is 0.0563. The molecule has 0 aliphatic carbocycles. The van der Waals surface area contributed by atoms with Crippen molar-refractivity contribution in [2.45, 2.75) is 164 Å². The first-order chi connectivity index (χ1) is 22.1. The largest absolute Gasteiger partial charge is 0.460 e. The summed E-state index contributed by atoms with van der Waals surface area (Å²) in [6, 6.07) is 0. The molecule has 2 rings (SSSR count). The van der Waals surface area contributed by atoms with E-state index in [2.05, 4.69) is 6.92 Å². The van der Waals surface area contributed by atoms with Gasteiger partial charge in [0.1, 0.15) is 55.9 Å². The lowest BCUT2D eigenvalue weighted by Gasteiger charge is -2.43. The molecule has 0 saturated carbocycles. The van der Waals surface area contributed by atoms with Crippen molar-refractivity contribution in [3.05, 3.63) is 0 Å². The van der Waals surface area contributed by atoms with Gasteiger partial charge in [-0.3, -0.25) is 4.79 Å². The van der Waals surface area contributed by atoms with Crippen LogP contribution in [0.25, 0.3) is 0 Å². The molecule has 0 amide bonds. The van der Waals surface area contributed by atoms with E-state index in [1.807, 2.05) is 0 Å². The summed E-state index contributed by atoms with van der Waals surface area (Å²) < 4.78 is 26.1. The van der Waals surface area contributed by atoms with Crippen molar-refractivity contribution >= 4 is 11.9 Å². The fraction of sp³-hybridized carbons (Fsp3) is 0.938. The first kappa shape index (κ1) is 40.7. The summed E-state index contributed by atoms with van der Waals surface area (Å²) in [7, 11) is 0. The van der Waals surface area contributed by atoms with E-state index >= 15 is 0 Å². The zero-order chi connectivity index (χ0) is 34.0. The molecular weight excluding hydrogens is 608 g/mol. The number of rotatable bonds is 24. The lowest BCUT2D eigenvalue weighted by Crippen LogP contribution is -2.62. The minimum atomic E-state index is -2.33. The number of aliphatic hydroxyl groups excluding tert-OH is 7. The molecule has 0 bridgehead atoms. The number of aliphatic hydroxyl groups is 7. The van der Waals surface area contributed by atoms with Crippen LogP contribution in [-0.4, -0.2) is 129 Å². The monoisotopic (exact) mass is 666 g/mol. The first-order valence-electron chi connectivity index (χ1n) is 17.0. The second kappa shape index (κ2) is 22.2. The molecule has 2 aliphatic heterocycles. The Bertz CT molecular complexity index is 846. The summed E-state index contributed by atoms with van der Waals surface area (Å²) in [5, 5.41) is 70.4. The Morgan fingerprint density at radius 1 is 0.652 bits per heavy atom. The summed E-state index contributed by atoms with van der Waals surface area (Å²) in [4.78, 5) is 24.2. The standard InChI is InChI=1S/C32H58O14/c1-2-3-4-5-6-7-8-9-10-11-12-13-14-15-16-17-24(35)43-20-25(36)42-19-23-26(37)28(39)29(40)31(44-23)46-32(21-34)30(41)27(38)22(18-33)45-32/h22-23,26-31,33-34,37-41H,2-21H2,1H3/t22-,23-,26-,27-,28+,29-,30+,31-,32+/m1/s1. The molecule has 7 N–H and O–H groups in total. The fourth-order valence-electron chi connectivity index (χ4n) is 5.69. The third-order valence-electron chi connectivity index (χ3n) is 8.63. The Morgan fingerprint density at radius 2 is 1.20 bits per heavy atom. The summed E-state index contributed by atoms with van der Waals surface area (Å²) >= 11 is 0. The highest BCUT2D eigenvalue weighted by Crippen LogP contribution is 2.36. The highest BCUT2D eigenvalue weighted by atomic mass is 16.8. The molecule has 14 nitrogen and oxygen atoms in total. The molecule has 0 spiro atoms. The van der Waals surface area contributed by atoms with Crippen LogP contribution in [0.1, 0.15) is 110 Å². The Labute approximate surface area is 271 Å². The second-order valence-corrected chi connectivity index (χ2v) is 12.4. The van der Waals surface area contributed by atoms with Crippen molar-refractivity contribution in [1.82, 2.24) is 0 Å². The number of esters is 2. The van der Waals surface area contributed by atoms with E-state index < -0.39 is 93.2 Å². The van der Waals surface area contributed by atoms with E-state index in [0.717, 1.165) is 19.3 Å². The molecule has 14 heteroatoms. The van der Waals surface area contributed by atoms with Crippen LogP contribution in [0.15, 0.2) is 0 Å². The van der Waals surface area contributed by atoms with Crippen LogP contribution in [-0.2, 0) is 33.3 Å². The van der Waals surface area contributed by atoms with Crippen LogP contribution in [0.2, 0.25) is 0 Å². The summed E-state index contributed by atoms with van der Waals surface area (Å²) in [5.74, 6) is -3.81. The average molecular weight is 667 g/mol. The van der Waals surface area contributed by atoms with Gasteiger partial charge in [-0.1, -0.05) is 96.8 Å². The van der Waals surface area contributed by atoms with Gasteiger partial charge in [-0.05, 0) is 6.42 Å². The molecular formula is C32H58O14. The minimum absolute atomic E-state index is 0.172. The highest BCUT2D eigenvalue weighted by molar-refractivity contribution is 5.76. The number of carbonyl (C=O) groups is 2. The van der Waals surface area contributed by atoms with E-state index in [0.29, 0.717) is 6.42 Å². The zero-order valence-corrected chi connectivity index (χ0v) is 27.2. The molecule has 0 aromatic heterocycles. The maximum atomic E-state index is 12.1. The lowest BCUT2D eigenvalue weighted by atomic mass is 9.99. The summed E-state index contributed by atoms with van der Waals surface area (Å²) in [5.41, 5.74) is 0. The van der Waals surface area contributed by atoms with Crippen molar-refractivity contribution in [3.8, 4) is 0 Å². The zero-order valence-electron chi connectivity index (χ0n) is 27.2. The predicted molar refractivity (Wildman–Crippen MR) is 163 cm³/mol. The molecule has 0 aromatic rings. The van der Waals surface area contributed by atoms with E-state index in [-0.39, 0.29) is 6.42 Å². The minimum Gasteiger partial charge on any atom is -0.460 e. The normalized spacial score (nSPS) is 31.2. The second-order valence-electron chi connectivity index (χ2n) is 12.4. The van der Waals surface area contributed by atoms with Gasteiger partial charge in [0.15, 0.2) is 12.9 Å². The molecule has 46 heavy (non-hydrogen) atoms. The van der Waals surface area contributed by atoms with Gasteiger partial charge < -0.3 is 59.4 Å². The van der Waals surface area contributed by atoms with Gasteiger partial charge in [-0.25, -0.2) is 4.79 Å². The van der Waals surface area contributed by atoms with Crippen molar-refractivity contribution < 1.29 is 69.0 Å². The molecule has 2 aliphatic rings. The third kappa shape index (κ3) is 13.2. The summed E-state index contributed by atoms with van der Waals surface area (Å²) in [6.07, 6.45) is 4.72. The molecule has 270 valence electrons. The van der Waals surface area contributed by atoms with Crippen LogP contribution >= 0.6 is 0 Å². The predicted octanol–water partition coefficient (Wildman–Crippen LogP) is 0.960. The maximum Gasteiger partial charge on any atom is 0.344 e. The summed E-state index contributed by atoms with van der Waals surface area (Å²) in [6.45, 7) is -0.809. The molecule has 0 unspecified atom stereocenters. The topological polar surface area (TPSA) is 222 Å². The Hall–Kier alpha value is -1.46. The van der Waals surface area contributed by atoms with Gasteiger partial charge in [0, 0.05) is 6.42 Å². The third-order valence-corrected chi connectivity index (χ3v) is 8.63. The van der Waals surface area contributed by atoms with Gasteiger partial charge in [0.05, 0.1) is 6.61 Å².